The Morgan fingerprint density at radius 2 is 1.86 bits per heavy atom. The van der Waals surface area contributed by atoms with Crippen LogP contribution < -0.4 is 10.1 Å². The summed E-state index contributed by atoms with van der Waals surface area (Å²) in [5.74, 6) is -1.09. The van der Waals surface area contributed by atoms with Crippen LogP contribution in [0.25, 0.3) is 0 Å². The van der Waals surface area contributed by atoms with Gasteiger partial charge in [-0.3, -0.25) is 9.59 Å². The lowest BCUT2D eigenvalue weighted by Gasteiger charge is -2.40. The van der Waals surface area contributed by atoms with Crippen LogP contribution in [-0.4, -0.2) is 58.3 Å². The Morgan fingerprint density at radius 1 is 1.14 bits per heavy atom. The van der Waals surface area contributed by atoms with Gasteiger partial charge in [-0.15, -0.1) is 0 Å². The minimum atomic E-state index is -1.13. The van der Waals surface area contributed by atoms with Crippen molar-refractivity contribution in [2.24, 2.45) is 0 Å². The molecule has 8 heteroatoms. The molecule has 2 aliphatic rings. The Morgan fingerprint density at radius 3 is 2.54 bits per heavy atom. The van der Waals surface area contributed by atoms with Gasteiger partial charge in [-0.1, -0.05) is 35.9 Å². The van der Waals surface area contributed by atoms with E-state index < -0.39 is 35.9 Å². The van der Waals surface area contributed by atoms with Gasteiger partial charge in [0, 0.05) is 30.3 Å². The average molecular weight is 481 g/mol. The first kappa shape index (κ1) is 24.6. The Balaban J connectivity index is 1.77. The molecular formula is C27H29FN2O5. The number of halogens is 1. The van der Waals surface area contributed by atoms with Crippen molar-refractivity contribution in [1.29, 1.82) is 0 Å². The number of carbonyl (C=O) groups is 2. The zero-order valence-electron chi connectivity index (χ0n) is 19.6. The molecule has 0 bridgehead atoms. The van der Waals surface area contributed by atoms with E-state index in [9.17, 15) is 24.2 Å². The van der Waals surface area contributed by atoms with Crippen LogP contribution in [0.2, 0.25) is 0 Å². The van der Waals surface area contributed by atoms with E-state index in [4.69, 9.17) is 4.74 Å². The summed E-state index contributed by atoms with van der Waals surface area (Å²) < 4.78 is 19.6. The highest BCUT2D eigenvalue weighted by molar-refractivity contribution is 5.96. The van der Waals surface area contributed by atoms with Gasteiger partial charge in [0.2, 0.25) is 11.8 Å². The number of benzene rings is 2. The largest absolute Gasteiger partial charge is 0.486 e. The summed E-state index contributed by atoms with van der Waals surface area (Å²) in [6.45, 7) is 3.53. The third-order valence-electron chi connectivity index (χ3n) is 6.20. The number of hydrogen-bond donors (Lipinski definition) is 3. The van der Waals surface area contributed by atoms with E-state index in [0.717, 1.165) is 11.1 Å². The quantitative estimate of drug-likeness (QED) is 0.529. The molecule has 4 atom stereocenters. The fourth-order valence-corrected chi connectivity index (χ4v) is 4.64. The molecule has 1 heterocycles. The van der Waals surface area contributed by atoms with Crippen LogP contribution in [0.4, 0.5) is 4.39 Å². The number of allylic oxidation sites excluding steroid dienone is 1. The number of carbonyl (C=O) groups excluding carboxylic acids is 2. The number of hydrogen-bond acceptors (Lipinski definition) is 5. The van der Waals surface area contributed by atoms with Crippen molar-refractivity contribution < 1.29 is 28.9 Å². The highest BCUT2D eigenvalue weighted by Crippen LogP contribution is 2.47. The highest BCUT2D eigenvalue weighted by atomic mass is 19.1. The minimum absolute atomic E-state index is 0.0687. The monoisotopic (exact) mass is 480 g/mol. The van der Waals surface area contributed by atoms with Gasteiger partial charge in [-0.2, -0.15) is 0 Å². The van der Waals surface area contributed by atoms with Crippen LogP contribution in [0.5, 0.6) is 5.75 Å². The first-order chi connectivity index (χ1) is 16.8. The molecule has 184 valence electrons. The van der Waals surface area contributed by atoms with Gasteiger partial charge in [-0.05, 0) is 43.7 Å². The first-order valence-corrected chi connectivity index (χ1v) is 11.5. The number of amides is 2. The van der Waals surface area contributed by atoms with Crippen LogP contribution in [-0.2, 0) is 16.1 Å². The van der Waals surface area contributed by atoms with Gasteiger partial charge < -0.3 is 25.2 Å². The standard InChI is InChI=1S/C27H29FN2O5/c1-16(2)13-23(32)30(15-17-7-9-18(28)10-8-17)21-14-20(27(34)29-11-12-31)24-19-5-3-4-6-22(19)35-26(24)25(21)33/h3-10,13-14,21,24-26,31,33H,11-12,15H2,1-2H3,(H,29,34). The number of rotatable bonds is 7. The molecule has 0 spiro atoms. The number of aliphatic hydroxyl groups excluding tert-OH is 2. The first-order valence-electron chi connectivity index (χ1n) is 11.5. The third kappa shape index (κ3) is 5.13. The fraction of sp³-hybridized carbons (Fsp3) is 0.333. The SMILES string of the molecule is CC(C)=CC(=O)N(Cc1ccc(F)cc1)C1C=C(C(=O)NCCO)C2c3ccccc3OC2C1O. The molecule has 0 radical (unpaired) electrons. The molecule has 1 aliphatic heterocycles. The summed E-state index contributed by atoms with van der Waals surface area (Å²) in [5, 5.41) is 23.3. The van der Waals surface area contributed by atoms with Crippen LogP contribution in [0, 0.1) is 5.82 Å². The number of nitrogens with zero attached hydrogens (tertiary/aromatic N) is 1. The molecule has 0 saturated carbocycles. The molecule has 0 aromatic heterocycles. The van der Waals surface area contributed by atoms with Gasteiger partial charge in [0.1, 0.15) is 23.8 Å². The Bertz CT molecular complexity index is 1160. The van der Waals surface area contributed by atoms with Gasteiger partial charge in [0.25, 0.3) is 0 Å². The molecule has 35 heavy (non-hydrogen) atoms. The average Bonchev–Trinajstić information content (AvgIpc) is 3.22. The molecule has 0 fully saturated rings. The van der Waals surface area contributed by atoms with Crippen LogP contribution in [0.1, 0.15) is 30.9 Å². The van der Waals surface area contributed by atoms with Crippen LogP contribution in [0.3, 0.4) is 0 Å². The summed E-state index contributed by atoms with van der Waals surface area (Å²) in [5.41, 5.74) is 2.59. The molecule has 0 saturated heterocycles. The van der Waals surface area contributed by atoms with Gasteiger partial charge in [0.15, 0.2) is 0 Å². The molecule has 4 unspecified atom stereocenters. The van der Waals surface area contributed by atoms with E-state index in [1.165, 1.54) is 23.1 Å². The minimum Gasteiger partial charge on any atom is -0.486 e. The van der Waals surface area contributed by atoms with E-state index in [0.29, 0.717) is 16.9 Å². The maximum atomic E-state index is 13.5. The van der Waals surface area contributed by atoms with E-state index in [-0.39, 0.29) is 25.6 Å². The van der Waals surface area contributed by atoms with Gasteiger partial charge >= 0.3 is 0 Å². The lowest BCUT2D eigenvalue weighted by atomic mass is 9.77. The zero-order chi connectivity index (χ0) is 25.1. The molecular weight excluding hydrogens is 451 g/mol. The Hall–Kier alpha value is -3.49. The molecule has 7 nitrogen and oxygen atoms in total. The third-order valence-corrected chi connectivity index (χ3v) is 6.20. The highest BCUT2D eigenvalue weighted by Gasteiger charge is 2.50. The number of aliphatic hydroxyl groups is 2. The lowest BCUT2D eigenvalue weighted by molar-refractivity contribution is -0.133. The topological polar surface area (TPSA) is 99.1 Å². The fourth-order valence-electron chi connectivity index (χ4n) is 4.64. The van der Waals surface area contributed by atoms with Crippen LogP contribution >= 0.6 is 0 Å². The predicted octanol–water partition coefficient (Wildman–Crippen LogP) is 2.44. The Kier molecular flexibility index (Phi) is 7.33. The smallest absolute Gasteiger partial charge is 0.247 e. The molecule has 2 amide bonds. The van der Waals surface area contributed by atoms with Crippen molar-refractivity contribution in [2.75, 3.05) is 13.2 Å². The van der Waals surface area contributed by atoms with Crippen molar-refractivity contribution in [3.8, 4) is 5.75 Å². The summed E-state index contributed by atoms with van der Waals surface area (Å²) in [7, 11) is 0. The van der Waals surface area contributed by atoms with Crippen molar-refractivity contribution in [1.82, 2.24) is 10.2 Å². The van der Waals surface area contributed by atoms with Gasteiger partial charge in [0.05, 0.1) is 18.6 Å². The summed E-state index contributed by atoms with van der Waals surface area (Å²) in [4.78, 5) is 27.9. The summed E-state index contributed by atoms with van der Waals surface area (Å²) in [6.07, 6.45) is 1.17. The number of para-hydroxylation sites is 1. The number of nitrogens with one attached hydrogen (secondary N) is 1. The molecule has 2 aromatic rings. The second kappa shape index (κ2) is 10.4. The van der Waals surface area contributed by atoms with E-state index >= 15 is 0 Å². The van der Waals surface area contributed by atoms with Crippen molar-refractivity contribution in [2.45, 2.75) is 44.6 Å². The number of ether oxygens (including phenoxy) is 1. The predicted molar refractivity (Wildman–Crippen MR) is 128 cm³/mol. The molecule has 4 rings (SSSR count). The van der Waals surface area contributed by atoms with Gasteiger partial charge in [-0.25, -0.2) is 4.39 Å². The van der Waals surface area contributed by atoms with Crippen LogP contribution in [0.15, 0.2) is 71.8 Å². The summed E-state index contributed by atoms with van der Waals surface area (Å²) >= 11 is 0. The summed E-state index contributed by atoms with van der Waals surface area (Å²) in [6, 6.07) is 12.2. The molecule has 3 N–H and O–H groups in total. The number of fused-ring (bicyclic) bond motifs is 3. The van der Waals surface area contributed by atoms with E-state index in [1.54, 1.807) is 38.1 Å². The maximum Gasteiger partial charge on any atom is 0.247 e. The lowest BCUT2D eigenvalue weighted by Crippen LogP contribution is -2.55. The maximum absolute atomic E-state index is 13.5. The van der Waals surface area contributed by atoms with Crippen molar-refractivity contribution in [3.05, 3.63) is 88.8 Å². The van der Waals surface area contributed by atoms with E-state index in [2.05, 4.69) is 5.32 Å². The Labute approximate surface area is 203 Å². The second-order valence-electron chi connectivity index (χ2n) is 8.99. The normalized spacial score (nSPS) is 22.3. The molecule has 2 aromatic carbocycles. The molecule has 1 aliphatic carbocycles. The van der Waals surface area contributed by atoms with Crippen molar-refractivity contribution in [3.63, 3.8) is 0 Å². The zero-order valence-corrected chi connectivity index (χ0v) is 19.6. The second-order valence-corrected chi connectivity index (χ2v) is 8.99. The van der Waals surface area contributed by atoms with E-state index in [1.807, 2.05) is 18.2 Å². The van der Waals surface area contributed by atoms with Crippen molar-refractivity contribution >= 4 is 11.8 Å².